The first-order chi connectivity index (χ1) is 43.0. The fourth-order valence-corrected chi connectivity index (χ4v) is 15.1. The van der Waals surface area contributed by atoms with Gasteiger partial charge in [0.1, 0.15) is 20.2 Å². The molecule has 504 valence electrons. The maximum absolute atomic E-state index is 12.0. The van der Waals surface area contributed by atoms with E-state index in [0.29, 0.717) is 10.8 Å². The molecule has 6 nitrogen and oxygen atoms in total. The molecule has 0 saturated heterocycles. The van der Waals surface area contributed by atoms with Crippen LogP contribution in [0.2, 0.25) is 0 Å². The molecule has 0 heterocycles. The Balaban J connectivity index is 0.000000600. The molecule has 0 aromatic heterocycles. The molecule has 0 saturated carbocycles. The molecule has 0 aliphatic heterocycles. The van der Waals surface area contributed by atoms with Crippen LogP contribution < -0.4 is 0 Å². The van der Waals surface area contributed by atoms with Crippen molar-refractivity contribution in [2.75, 3.05) is 0 Å². The quantitative estimate of drug-likeness (QED) is 0.0247. The number of aryl methyl sites for hydroxylation is 4. The first-order valence-corrected chi connectivity index (χ1v) is 40.8. The summed E-state index contributed by atoms with van der Waals surface area (Å²) < 4.78 is 71.9. The second-order valence-corrected chi connectivity index (χ2v) is 29.7. The van der Waals surface area contributed by atoms with Crippen LogP contribution in [0.3, 0.4) is 0 Å². The smallest absolute Gasteiger partial charge is 0.744 e. The van der Waals surface area contributed by atoms with Crippen LogP contribution in [0.15, 0.2) is 70.5 Å². The van der Waals surface area contributed by atoms with Gasteiger partial charge in [-0.1, -0.05) is 384 Å². The van der Waals surface area contributed by atoms with Gasteiger partial charge in [0.2, 0.25) is 0 Å². The topological polar surface area (TPSA) is 114 Å². The van der Waals surface area contributed by atoms with Gasteiger partial charge in [0.05, 0.1) is 9.79 Å². The summed E-state index contributed by atoms with van der Waals surface area (Å²) in [6, 6.07) is 18.4. The van der Waals surface area contributed by atoms with Gasteiger partial charge in [-0.15, -0.1) is 0 Å². The SMILES string of the molecule is CCCCCCCCCCCCCCCc1ccc2c(S(=O)(=O)[O-])cccc2c1CCCCCCCCCCCCCCC.CCCCCCCCCCCCCCCc1ccc2c(S(=O)(=O)[O-])cccc2c1CCCCCCCCCCCCCCC.[Ba+2]. The Morgan fingerprint density at radius 3 is 0.629 bits per heavy atom. The van der Waals surface area contributed by atoms with Crippen LogP contribution >= 0.6 is 0 Å². The van der Waals surface area contributed by atoms with Gasteiger partial charge in [-0.2, -0.15) is 0 Å². The number of fused-ring (bicyclic) bond motifs is 2. The Bertz CT molecular complexity index is 2370. The van der Waals surface area contributed by atoms with Gasteiger partial charge in [0, 0.05) is 0 Å². The largest absolute Gasteiger partial charge is 2.00 e. The second kappa shape index (κ2) is 56.0. The molecule has 0 atom stereocenters. The maximum atomic E-state index is 12.0. The minimum atomic E-state index is -4.50. The number of hydrogen-bond acceptors (Lipinski definition) is 6. The second-order valence-electron chi connectivity index (χ2n) is 27.0. The van der Waals surface area contributed by atoms with Crippen molar-refractivity contribution in [1.29, 1.82) is 0 Å². The molecule has 0 unspecified atom stereocenters. The van der Waals surface area contributed by atoms with E-state index in [-0.39, 0.29) is 58.7 Å². The first kappa shape index (κ1) is 83.9. The van der Waals surface area contributed by atoms with Crippen molar-refractivity contribution in [3.05, 3.63) is 82.9 Å². The molecule has 0 bridgehead atoms. The first-order valence-electron chi connectivity index (χ1n) is 38.0. The third kappa shape index (κ3) is 40.1. The van der Waals surface area contributed by atoms with Crippen molar-refractivity contribution in [1.82, 2.24) is 0 Å². The van der Waals surface area contributed by atoms with E-state index in [4.69, 9.17) is 0 Å². The summed E-state index contributed by atoms with van der Waals surface area (Å²) >= 11 is 0. The van der Waals surface area contributed by atoms with Crippen molar-refractivity contribution in [3.8, 4) is 0 Å². The molecule has 0 spiro atoms. The standard InChI is InChI=1S/2C40H68O3S.Ba/c2*1-3-5-7-9-11-13-15-17-19-21-23-25-27-30-36-34-35-39-38(32-29-33-40(39)44(41,42)43)37(36)31-28-26-24-22-20-18-16-14-12-10-8-6-4-2;/h2*29,32-35H,3-28,30-31H2,1-2H3,(H,41,42,43);/q;;+2/p-2. The van der Waals surface area contributed by atoms with E-state index in [0.717, 1.165) is 49.3 Å². The molecule has 0 radical (unpaired) electrons. The van der Waals surface area contributed by atoms with Crippen LogP contribution in [0.1, 0.15) is 384 Å². The van der Waals surface area contributed by atoms with Crippen molar-refractivity contribution in [2.24, 2.45) is 0 Å². The molecule has 0 aliphatic rings. The zero-order chi connectivity index (χ0) is 63.4. The molecule has 4 aromatic rings. The molecular weight excluding hydrogens is 1260 g/mol. The molecule has 89 heavy (non-hydrogen) atoms. The van der Waals surface area contributed by atoms with Crippen molar-refractivity contribution in [2.45, 2.75) is 397 Å². The minimum absolute atomic E-state index is 0. The summed E-state index contributed by atoms with van der Waals surface area (Å²) in [5, 5.41) is 3.13. The summed E-state index contributed by atoms with van der Waals surface area (Å²) in [5.74, 6) is 0. The zero-order valence-electron chi connectivity index (χ0n) is 58.3. The average Bonchev–Trinajstić information content (AvgIpc) is 1.07. The van der Waals surface area contributed by atoms with Gasteiger partial charge >= 0.3 is 48.9 Å². The number of unbranched alkanes of at least 4 members (excludes halogenated alkanes) is 48. The normalized spacial score (nSPS) is 11.8. The third-order valence-electron chi connectivity index (χ3n) is 19.2. The maximum Gasteiger partial charge on any atom is 2.00 e. The van der Waals surface area contributed by atoms with Crippen molar-refractivity contribution < 1.29 is 25.9 Å². The average molecular weight is 1390 g/mol. The minimum Gasteiger partial charge on any atom is -0.744 e. The monoisotopic (exact) mass is 1390 g/mol. The molecule has 0 N–H and O–H groups in total. The molecule has 9 heteroatoms. The van der Waals surface area contributed by atoms with Gasteiger partial charge in [-0.25, -0.2) is 16.8 Å². The van der Waals surface area contributed by atoms with E-state index in [1.54, 1.807) is 12.1 Å². The van der Waals surface area contributed by atoms with E-state index < -0.39 is 20.2 Å². The summed E-state index contributed by atoms with van der Waals surface area (Å²) in [7, 11) is -9.00. The Morgan fingerprint density at radius 1 is 0.236 bits per heavy atom. The van der Waals surface area contributed by atoms with Crippen LogP contribution in [0.4, 0.5) is 0 Å². The van der Waals surface area contributed by atoms with Gasteiger partial charge in [0.15, 0.2) is 0 Å². The number of rotatable bonds is 58. The van der Waals surface area contributed by atoms with Gasteiger partial charge in [-0.05, 0) is 107 Å². The van der Waals surface area contributed by atoms with E-state index in [2.05, 4.69) is 39.8 Å². The predicted molar refractivity (Wildman–Crippen MR) is 387 cm³/mol. The van der Waals surface area contributed by atoms with Gasteiger partial charge in [-0.3, -0.25) is 0 Å². The van der Waals surface area contributed by atoms with Crippen LogP contribution in [0.25, 0.3) is 21.5 Å². The van der Waals surface area contributed by atoms with Crippen molar-refractivity contribution in [3.63, 3.8) is 0 Å². The molecule has 0 amide bonds. The number of benzene rings is 4. The third-order valence-corrected chi connectivity index (χ3v) is 20.9. The Hall–Kier alpha value is -1.21. The summed E-state index contributed by atoms with van der Waals surface area (Å²) in [4.78, 5) is -0.150. The summed E-state index contributed by atoms with van der Waals surface area (Å²) in [6.07, 6.45) is 73.8. The van der Waals surface area contributed by atoms with E-state index in [1.165, 1.54) is 355 Å². The molecule has 0 aliphatic carbocycles. The fourth-order valence-electron chi connectivity index (χ4n) is 13.7. The Labute approximate surface area is 591 Å². The van der Waals surface area contributed by atoms with Crippen LogP contribution in [-0.2, 0) is 45.9 Å². The van der Waals surface area contributed by atoms with Gasteiger partial charge < -0.3 is 9.11 Å². The van der Waals surface area contributed by atoms with Crippen LogP contribution in [-0.4, -0.2) is 74.8 Å². The molecular formula is C80H134BaO6S2. The van der Waals surface area contributed by atoms with E-state index in [1.807, 2.05) is 24.3 Å². The summed E-state index contributed by atoms with van der Waals surface area (Å²) in [5.41, 5.74) is 5.24. The van der Waals surface area contributed by atoms with Gasteiger partial charge in [0.25, 0.3) is 0 Å². The van der Waals surface area contributed by atoms with E-state index in [9.17, 15) is 25.9 Å². The Morgan fingerprint density at radius 2 is 0.427 bits per heavy atom. The molecule has 4 rings (SSSR count). The predicted octanol–water partition coefficient (Wildman–Crippen LogP) is 25.6. The van der Waals surface area contributed by atoms with Crippen LogP contribution in [0.5, 0.6) is 0 Å². The van der Waals surface area contributed by atoms with E-state index >= 15 is 0 Å². The van der Waals surface area contributed by atoms with Crippen LogP contribution in [0, 0.1) is 0 Å². The summed E-state index contributed by atoms with van der Waals surface area (Å²) in [6.45, 7) is 9.11. The fraction of sp³-hybridized carbons (Fsp3) is 0.750. The van der Waals surface area contributed by atoms with Crippen molar-refractivity contribution >= 4 is 90.7 Å². The zero-order valence-corrected chi connectivity index (χ0v) is 64.4. The molecule has 0 fully saturated rings. The number of hydrogen-bond donors (Lipinski definition) is 0. The molecule has 4 aromatic carbocycles. The Kier molecular flexibility index (Phi) is 52.8.